The molecular weight excluding hydrogens is 204 g/mol. The van der Waals surface area contributed by atoms with Crippen molar-refractivity contribution in [2.24, 2.45) is 5.73 Å². The smallest absolute Gasteiger partial charge is 0.240 e. The Morgan fingerprint density at radius 3 is 2.93 bits per heavy atom. The van der Waals surface area contributed by atoms with Crippen molar-refractivity contribution < 1.29 is 4.79 Å². The second-order valence-corrected chi connectivity index (χ2v) is 3.49. The zero-order valence-electron chi connectivity index (χ0n) is 7.35. The van der Waals surface area contributed by atoms with Gasteiger partial charge in [0, 0.05) is 6.54 Å². The highest BCUT2D eigenvalue weighted by Gasteiger charge is 2.33. The van der Waals surface area contributed by atoms with Gasteiger partial charge in [-0.1, -0.05) is 11.6 Å². The summed E-state index contributed by atoms with van der Waals surface area (Å²) in [7, 11) is 0. The summed E-state index contributed by atoms with van der Waals surface area (Å²) in [5.74, 6) is 0.269. The fourth-order valence-corrected chi connectivity index (χ4v) is 1.57. The van der Waals surface area contributed by atoms with E-state index in [0.29, 0.717) is 11.0 Å². The maximum absolute atomic E-state index is 10.9. The number of halogens is 1. The standard InChI is InChI=1S/C8H9ClN4O/c9-6-3-11-4-7(12-6)13-2-1-5(13)8(10)14/h3-5H,1-2H2,(H2,10,14). The number of hydrogen-bond acceptors (Lipinski definition) is 4. The molecule has 1 aliphatic rings. The van der Waals surface area contributed by atoms with E-state index >= 15 is 0 Å². The van der Waals surface area contributed by atoms with Gasteiger partial charge in [-0.25, -0.2) is 4.98 Å². The van der Waals surface area contributed by atoms with E-state index in [1.807, 2.05) is 0 Å². The normalized spacial score (nSPS) is 20.4. The molecule has 1 unspecified atom stereocenters. The zero-order valence-corrected chi connectivity index (χ0v) is 8.11. The zero-order chi connectivity index (χ0) is 10.1. The number of hydrogen-bond donors (Lipinski definition) is 1. The fraction of sp³-hybridized carbons (Fsp3) is 0.375. The van der Waals surface area contributed by atoms with Crippen molar-refractivity contribution in [3.8, 4) is 0 Å². The van der Waals surface area contributed by atoms with Crippen molar-refractivity contribution in [2.45, 2.75) is 12.5 Å². The second-order valence-electron chi connectivity index (χ2n) is 3.10. The van der Waals surface area contributed by atoms with Crippen LogP contribution in [-0.4, -0.2) is 28.5 Å². The molecule has 2 heterocycles. The Kier molecular flexibility index (Phi) is 2.25. The van der Waals surface area contributed by atoms with Gasteiger partial charge in [-0.15, -0.1) is 0 Å². The molecule has 1 aliphatic heterocycles. The van der Waals surface area contributed by atoms with Gasteiger partial charge in [-0.3, -0.25) is 9.78 Å². The molecule has 1 aromatic rings. The topological polar surface area (TPSA) is 72.1 Å². The Hall–Kier alpha value is -1.36. The first kappa shape index (κ1) is 9.21. The quantitative estimate of drug-likeness (QED) is 0.760. The fourth-order valence-electron chi connectivity index (χ4n) is 1.43. The molecule has 5 nitrogen and oxygen atoms in total. The van der Waals surface area contributed by atoms with Gasteiger partial charge in [-0.05, 0) is 6.42 Å². The van der Waals surface area contributed by atoms with E-state index in [-0.39, 0.29) is 11.9 Å². The van der Waals surface area contributed by atoms with Crippen LogP contribution in [0.3, 0.4) is 0 Å². The van der Waals surface area contributed by atoms with Crippen LogP contribution >= 0.6 is 11.6 Å². The van der Waals surface area contributed by atoms with Crippen LogP contribution in [0.1, 0.15) is 6.42 Å². The number of nitrogens with two attached hydrogens (primary N) is 1. The summed E-state index contributed by atoms with van der Waals surface area (Å²) in [6.45, 7) is 0.766. The summed E-state index contributed by atoms with van der Waals surface area (Å²) in [6.07, 6.45) is 3.79. The Labute approximate surface area is 85.9 Å². The molecule has 0 aliphatic carbocycles. The lowest BCUT2D eigenvalue weighted by molar-refractivity contribution is -0.120. The molecule has 1 atom stereocenters. The first-order valence-corrected chi connectivity index (χ1v) is 4.60. The molecule has 6 heteroatoms. The van der Waals surface area contributed by atoms with Gasteiger partial charge in [0.1, 0.15) is 17.0 Å². The Bertz CT molecular complexity index is 370. The van der Waals surface area contributed by atoms with E-state index < -0.39 is 0 Å². The minimum Gasteiger partial charge on any atom is -0.368 e. The number of anilines is 1. The average molecular weight is 213 g/mol. The molecule has 2 rings (SSSR count). The van der Waals surface area contributed by atoms with Crippen LogP contribution in [0.5, 0.6) is 0 Å². The minimum atomic E-state index is -0.335. The van der Waals surface area contributed by atoms with Crippen LogP contribution in [0, 0.1) is 0 Å². The van der Waals surface area contributed by atoms with Gasteiger partial charge in [0.25, 0.3) is 0 Å². The third-order valence-corrected chi connectivity index (χ3v) is 2.42. The Morgan fingerprint density at radius 1 is 1.64 bits per heavy atom. The van der Waals surface area contributed by atoms with Crippen LogP contribution in [0.25, 0.3) is 0 Å². The monoisotopic (exact) mass is 212 g/mol. The predicted octanol–water partition coefficient (Wildman–Crippen LogP) is 0.194. The molecule has 2 N–H and O–H groups in total. The van der Waals surface area contributed by atoms with Gasteiger partial charge in [0.2, 0.25) is 5.91 Å². The lowest BCUT2D eigenvalue weighted by Gasteiger charge is -2.39. The van der Waals surface area contributed by atoms with E-state index in [4.69, 9.17) is 17.3 Å². The van der Waals surface area contributed by atoms with Crippen molar-refractivity contribution in [2.75, 3.05) is 11.4 Å². The number of aromatic nitrogens is 2. The number of primary amides is 1. The summed E-state index contributed by atoms with van der Waals surface area (Å²) in [4.78, 5) is 20.7. The van der Waals surface area contributed by atoms with Crippen molar-refractivity contribution in [1.82, 2.24) is 9.97 Å². The van der Waals surface area contributed by atoms with E-state index in [1.54, 1.807) is 11.1 Å². The first-order chi connectivity index (χ1) is 6.68. The van der Waals surface area contributed by atoms with Gasteiger partial charge >= 0.3 is 0 Å². The lowest BCUT2D eigenvalue weighted by Crippen LogP contribution is -2.55. The van der Waals surface area contributed by atoms with Gasteiger partial charge in [-0.2, -0.15) is 0 Å². The Morgan fingerprint density at radius 2 is 2.43 bits per heavy atom. The molecular formula is C8H9ClN4O. The maximum atomic E-state index is 10.9. The van der Waals surface area contributed by atoms with E-state index in [2.05, 4.69) is 9.97 Å². The molecule has 0 bridgehead atoms. The third kappa shape index (κ3) is 1.50. The highest BCUT2D eigenvalue weighted by atomic mass is 35.5. The summed E-state index contributed by atoms with van der Waals surface area (Å²) in [6, 6.07) is -0.261. The number of amides is 1. The van der Waals surface area contributed by atoms with Gasteiger partial charge < -0.3 is 10.6 Å². The molecule has 14 heavy (non-hydrogen) atoms. The van der Waals surface area contributed by atoms with Crippen molar-refractivity contribution in [3.05, 3.63) is 17.5 Å². The summed E-state index contributed by atoms with van der Waals surface area (Å²) >= 11 is 5.68. The van der Waals surface area contributed by atoms with E-state index in [9.17, 15) is 4.79 Å². The molecule has 0 saturated carbocycles. The first-order valence-electron chi connectivity index (χ1n) is 4.22. The van der Waals surface area contributed by atoms with Crippen LogP contribution in [0.15, 0.2) is 12.4 Å². The van der Waals surface area contributed by atoms with Crippen LogP contribution in [-0.2, 0) is 4.79 Å². The molecule has 1 saturated heterocycles. The molecule has 1 aromatic heterocycles. The largest absolute Gasteiger partial charge is 0.368 e. The van der Waals surface area contributed by atoms with E-state index in [1.165, 1.54) is 6.20 Å². The third-order valence-electron chi connectivity index (χ3n) is 2.23. The molecule has 0 aromatic carbocycles. The number of nitrogens with zero attached hydrogens (tertiary/aromatic N) is 3. The van der Waals surface area contributed by atoms with Gasteiger partial charge in [0.05, 0.1) is 12.4 Å². The average Bonchev–Trinajstić information content (AvgIpc) is 2.00. The molecule has 0 spiro atoms. The highest BCUT2D eigenvalue weighted by molar-refractivity contribution is 6.29. The van der Waals surface area contributed by atoms with E-state index in [0.717, 1.165) is 13.0 Å². The number of carbonyl (C=O) groups is 1. The van der Waals surface area contributed by atoms with Crippen LogP contribution in [0.4, 0.5) is 5.82 Å². The molecule has 1 fully saturated rings. The number of rotatable bonds is 2. The van der Waals surface area contributed by atoms with Crippen LogP contribution in [0.2, 0.25) is 5.15 Å². The number of carbonyl (C=O) groups excluding carboxylic acids is 1. The summed E-state index contributed by atoms with van der Waals surface area (Å²) in [5.41, 5.74) is 5.20. The summed E-state index contributed by atoms with van der Waals surface area (Å²) in [5, 5.41) is 0.317. The summed E-state index contributed by atoms with van der Waals surface area (Å²) < 4.78 is 0. The Balaban J connectivity index is 2.20. The van der Waals surface area contributed by atoms with Crippen molar-refractivity contribution in [3.63, 3.8) is 0 Å². The molecule has 0 radical (unpaired) electrons. The predicted molar refractivity (Wildman–Crippen MR) is 52.0 cm³/mol. The lowest BCUT2D eigenvalue weighted by atomic mass is 10.0. The second kappa shape index (κ2) is 3.42. The molecule has 1 amide bonds. The SMILES string of the molecule is NC(=O)C1CCN1c1cncc(Cl)n1. The maximum Gasteiger partial charge on any atom is 0.240 e. The van der Waals surface area contributed by atoms with Crippen molar-refractivity contribution in [1.29, 1.82) is 0 Å². The highest BCUT2D eigenvalue weighted by Crippen LogP contribution is 2.24. The van der Waals surface area contributed by atoms with Crippen LogP contribution < -0.4 is 10.6 Å². The van der Waals surface area contributed by atoms with Gasteiger partial charge in [0.15, 0.2) is 0 Å². The minimum absolute atomic E-state index is 0.261. The van der Waals surface area contributed by atoms with Crippen molar-refractivity contribution >= 4 is 23.3 Å². The molecule has 74 valence electrons.